The minimum Gasteiger partial charge on any atom is -0.282 e. The molecule has 0 aliphatic heterocycles. The molecule has 0 aromatic carbocycles. The quantitative estimate of drug-likeness (QED) is 0.797. The van der Waals surface area contributed by atoms with Crippen LogP contribution in [0.5, 0.6) is 0 Å². The molecule has 0 bridgehead atoms. The zero-order valence-electron chi connectivity index (χ0n) is 6.64. The SMILES string of the molecule is CCn1cc(S(=O)(=O)O)c(Cl)n1.Cl. The number of aryl methyl sites for hydroxylation is 1. The Bertz CT molecular complexity index is 386. The van der Waals surface area contributed by atoms with Gasteiger partial charge in [0.2, 0.25) is 0 Å². The lowest BCUT2D eigenvalue weighted by Gasteiger charge is -1.89. The van der Waals surface area contributed by atoms with Gasteiger partial charge in [0.15, 0.2) is 10.0 Å². The molecule has 1 rings (SSSR count). The lowest BCUT2D eigenvalue weighted by atomic mass is 10.7. The van der Waals surface area contributed by atoms with Gasteiger partial charge in [0, 0.05) is 12.7 Å². The summed E-state index contributed by atoms with van der Waals surface area (Å²) in [6.07, 6.45) is 1.18. The first kappa shape index (κ1) is 12.7. The van der Waals surface area contributed by atoms with E-state index in [1.165, 1.54) is 10.9 Å². The van der Waals surface area contributed by atoms with Crippen LogP contribution in [0, 0.1) is 0 Å². The van der Waals surface area contributed by atoms with Crippen molar-refractivity contribution in [1.29, 1.82) is 0 Å². The van der Waals surface area contributed by atoms with E-state index in [2.05, 4.69) is 5.10 Å². The van der Waals surface area contributed by atoms with Gasteiger partial charge in [-0.3, -0.25) is 9.23 Å². The summed E-state index contributed by atoms with van der Waals surface area (Å²) in [5, 5.41) is 3.43. The van der Waals surface area contributed by atoms with Gasteiger partial charge in [-0.25, -0.2) is 0 Å². The van der Waals surface area contributed by atoms with Crippen LogP contribution in [-0.2, 0) is 16.7 Å². The van der Waals surface area contributed by atoms with Gasteiger partial charge in [-0.2, -0.15) is 13.5 Å². The largest absolute Gasteiger partial charge is 0.299 e. The van der Waals surface area contributed by atoms with Crippen molar-refractivity contribution in [1.82, 2.24) is 9.78 Å². The average molecular weight is 247 g/mol. The monoisotopic (exact) mass is 246 g/mol. The standard InChI is InChI=1S/C5H7ClN2O3S.ClH/c1-2-8-3-4(5(6)7-8)12(9,10)11;/h3H,2H2,1H3,(H,9,10,11);1H. The molecule has 8 heteroatoms. The molecule has 1 heterocycles. The predicted octanol–water partition coefficient (Wildman–Crippen LogP) is 1.22. The Labute approximate surface area is 86.9 Å². The van der Waals surface area contributed by atoms with Gasteiger partial charge in [-0.15, -0.1) is 12.4 Å². The molecule has 0 saturated heterocycles. The summed E-state index contributed by atoms with van der Waals surface area (Å²) in [6, 6.07) is 0. The van der Waals surface area contributed by atoms with Gasteiger partial charge in [0.05, 0.1) is 0 Å². The summed E-state index contributed by atoms with van der Waals surface area (Å²) in [4.78, 5) is -0.356. The minimum atomic E-state index is -4.24. The second-order valence-electron chi connectivity index (χ2n) is 2.11. The van der Waals surface area contributed by atoms with Crippen LogP contribution in [0.25, 0.3) is 0 Å². The average Bonchev–Trinajstić information content (AvgIpc) is 2.29. The number of nitrogens with zero attached hydrogens (tertiary/aromatic N) is 2. The van der Waals surface area contributed by atoms with E-state index in [4.69, 9.17) is 16.2 Å². The fourth-order valence-corrected chi connectivity index (χ4v) is 1.66. The second-order valence-corrected chi connectivity index (χ2v) is 3.86. The molecule has 0 amide bonds. The Morgan fingerprint density at radius 1 is 1.69 bits per heavy atom. The molecular formula is C5H8Cl2N2O3S. The molecule has 0 aliphatic carbocycles. The van der Waals surface area contributed by atoms with Crippen LogP contribution >= 0.6 is 24.0 Å². The highest BCUT2D eigenvalue weighted by Gasteiger charge is 2.17. The van der Waals surface area contributed by atoms with Crippen LogP contribution < -0.4 is 0 Å². The van der Waals surface area contributed by atoms with Gasteiger partial charge < -0.3 is 0 Å². The maximum absolute atomic E-state index is 10.6. The van der Waals surface area contributed by atoms with Crippen molar-refractivity contribution in [2.75, 3.05) is 0 Å². The lowest BCUT2D eigenvalue weighted by Crippen LogP contribution is -1.97. The van der Waals surface area contributed by atoms with Crippen molar-refractivity contribution < 1.29 is 13.0 Å². The van der Waals surface area contributed by atoms with Crippen LogP contribution in [-0.4, -0.2) is 22.8 Å². The summed E-state index contributed by atoms with van der Waals surface area (Å²) in [7, 11) is -4.24. The van der Waals surface area contributed by atoms with Crippen LogP contribution in [0.2, 0.25) is 5.15 Å². The molecule has 5 nitrogen and oxygen atoms in total. The Balaban J connectivity index is 0.00000144. The number of rotatable bonds is 2. The van der Waals surface area contributed by atoms with E-state index in [0.717, 1.165) is 0 Å². The van der Waals surface area contributed by atoms with Crippen molar-refractivity contribution in [3.63, 3.8) is 0 Å². The number of hydrogen-bond donors (Lipinski definition) is 1. The van der Waals surface area contributed by atoms with Crippen molar-refractivity contribution in [3.05, 3.63) is 11.3 Å². The van der Waals surface area contributed by atoms with E-state index in [1.807, 2.05) is 0 Å². The zero-order chi connectivity index (χ0) is 9.35. The van der Waals surface area contributed by atoms with Crippen molar-refractivity contribution >= 4 is 34.1 Å². The van der Waals surface area contributed by atoms with Crippen molar-refractivity contribution in [2.45, 2.75) is 18.4 Å². The second kappa shape index (κ2) is 4.28. The summed E-state index contributed by atoms with van der Waals surface area (Å²) in [5.41, 5.74) is 0. The summed E-state index contributed by atoms with van der Waals surface area (Å²) in [6.45, 7) is 2.27. The third kappa shape index (κ3) is 2.84. The Morgan fingerprint density at radius 2 is 2.23 bits per heavy atom. The Hall–Kier alpha value is -0.300. The maximum atomic E-state index is 10.6. The minimum absolute atomic E-state index is 0. The third-order valence-corrected chi connectivity index (χ3v) is 2.53. The van der Waals surface area contributed by atoms with Gasteiger partial charge in [-0.05, 0) is 6.92 Å². The molecule has 1 N–H and O–H groups in total. The summed E-state index contributed by atoms with van der Waals surface area (Å²) < 4.78 is 31.1. The molecule has 0 spiro atoms. The fourth-order valence-electron chi connectivity index (χ4n) is 0.715. The predicted molar refractivity (Wildman–Crippen MR) is 50.0 cm³/mol. The van der Waals surface area contributed by atoms with Crippen LogP contribution in [0.4, 0.5) is 0 Å². The number of aromatic nitrogens is 2. The van der Waals surface area contributed by atoms with E-state index in [9.17, 15) is 8.42 Å². The Morgan fingerprint density at radius 3 is 2.46 bits per heavy atom. The van der Waals surface area contributed by atoms with Gasteiger partial charge in [-0.1, -0.05) is 11.6 Å². The van der Waals surface area contributed by atoms with E-state index in [-0.39, 0.29) is 22.5 Å². The molecule has 76 valence electrons. The molecule has 13 heavy (non-hydrogen) atoms. The lowest BCUT2D eigenvalue weighted by molar-refractivity contribution is 0.483. The first-order valence-electron chi connectivity index (χ1n) is 3.15. The highest BCUT2D eigenvalue weighted by Crippen LogP contribution is 2.18. The molecule has 0 unspecified atom stereocenters. The summed E-state index contributed by atoms with van der Waals surface area (Å²) in [5.74, 6) is 0. The van der Waals surface area contributed by atoms with Crippen LogP contribution in [0.3, 0.4) is 0 Å². The molecule has 0 fully saturated rings. The van der Waals surface area contributed by atoms with E-state index in [1.54, 1.807) is 6.92 Å². The van der Waals surface area contributed by atoms with E-state index >= 15 is 0 Å². The number of halogens is 2. The molecule has 0 radical (unpaired) electrons. The Kier molecular flexibility index (Phi) is 4.18. The highest BCUT2D eigenvalue weighted by atomic mass is 35.5. The van der Waals surface area contributed by atoms with E-state index in [0.29, 0.717) is 6.54 Å². The van der Waals surface area contributed by atoms with Gasteiger partial charge >= 0.3 is 0 Å². The first-order chi connectivity index (χ1) is 5.45. The highest BCUT2D eigenvalue weighted by molar-refractivity contribution is 7.86. The number of hydrogen-bond acceptors (Lipinski definition) is 3. The maximum Gasteiger partial charge on any atom is 0.299 e. The van der Waals surface area contributed by atoms with E-state index < -0.39 is 10.1 Å². The van der Waals surface area contributed by atoms with Gasteiger partial charge in [0.1, 0.15) is 0 Å². The fraction of sp³-hybridized carbons (Fsp3) is 0.400. The van der Waals surface area contributed by atoms with Crippen LogP contribution in [0.15, 0.2) is 11.1 Å². The zero-order valence-corrected chi connectivity index (χ0v) is 9.03. The topological polar surface area (TPSA) is 72.2 Å². The summed E-state index contributed by atoms with van der Waals surface area (Å²) >= 11 is 5.44. The molecule has 1 aromatic heterocycles. The van der Waals surface area contributed by atoms with Crippen LogP contribution in [0.1, 0.15) is 6.92 Å². The molecule has 0 atom stereocenters. The molecule has 0 saturated carbocycles. The van der Waals surface area contributed by atoms with Gasteiger partial charge in [0.25, 0.3) is 10.1 Å². The van der Waals surface area contributed by atoms with Crippen molar-refractivity contribution in [3.8, 4) is 0 Å². The third-order valence-electron chi connectivity index (χ3n) is 1.29. The first-order valence-corrected chi connectivity index (χ1v) is 4.97. The molecule has 0 aliphatic rings. The molecule has 1 aromatic rings. The smallest absolute Gasteiger partial charge is 0.282 e. The van der Waals surface area contributed by atoms with Crippen molar-refractivity contribution in [2.24, 2.45) is 0 Å². The normalized spacial score (nSPS) is 11.0. The molecular weight excluding hydrogens is 239 g/mol.